The molecular weight excluding hydrogens is 355 g/mol. The summed E-state index contributed by atoms with van der Waals surface area (Å²) < 4.78 is 38.4. The number of nitrogens with one attached hydrogen (secondary N) is 2. The average Bonchev–Trinajstić information content (AvgIpc) is 2.54. The summed E-state index contributed by atoms with van der Waals surface area (Å²) in [7, 11) is -3.43. The van der Waals surface area contributed by atoms with Crippen molar-refractivity contribution in [2.24, 2.45) is 0 Å². The molecule has 0 aliphatic heterocycles. The van der Waals surface area contributed by atoms with E-state index in [0.717, 1.165) is 11.8 Å². The number of carbonyl (C=O) groups is 1. The third-order valence-electron chi connectivity index (χ3n) is 3.73. The first-order chi connectivity index (χ1) is 12.2. The van der Waals surface area contributed by atoms with Crippen LogP contribution in [0.2, 0.25) is 0 Å². The molecule has 1 amide bonds. The van der Waals surface area contributed by atoms with Crippen LogP contribution in [0.15, 0.2) is 54.6 Å². The zero-order valence-electron chi connectivity index (χ0n) is 14.8. The standard InChI is InChI=1S/C19H21FN2O3S/c1-13(15-8-10-16(20)11-9-15)12-19(23)21-14(2)17-6-4-5-7-18(17)22-26(3,24)25/h4-12,14,22H,1-3H3,(H,21,23)/b13-12+. The lowest BCUT2D eigenvalue weighted by Crippen LogP contribution is -2.26. The van der Waals surface area contributed by atoms with Crippen molar-refractivity contribution in [2.75, 3.05) is 11.0 Å². The lowest BCUT2D eigenvalue weighted by Gasteiger charge is -2.18. The predicted molar refractivity (Wildman–Crippen MR) is 102 cm³/mol. The molecule has 0 fully saturated rings. The van der Waals surface area contributed by atoms with Crippen LogP contribution in [-0.2, 0) is 14.8 Å². The molecular formula is C19H21FN2O3S. The highest BCUT2D eigenvalue weighted by molar-refractivity contribution is 7.92. The number of amides is 1. The Kier molecular flexibility index (Phi) is 6.15. The van der Waals surface area contributed by atoms with E-state index in [1.165, 1.54) is 18.2 Å². The van der Waals surface area contributed by atoms with Crippen LogP contribution in [-0.4, -0.2) is 20.6 Å². The molecule has 0 spiro atoms. The van der Waals surface area contributed by atoms with Gasteiger partial charge in [-0.1, -0.05) is 30.3 Å². The van der Waals surface area contributed by atoms with Crippen LogP contribution in [0.3, 0.4) is 0 Å². The molecule has 2 rings (SSSR count). The van der Waals surface area contributed by atoms with Crippen molar-refractivity contribution in [1.29, 1.82) is 0 Å². The lowest BCUT2D eigenvalue weighted by molar-refractivity contribution is -0.117. The Hall–Kier alpha value is -2.67. The molecule has 138 valence electrons. The minimum absolute atomic E-state index is 0.325. The SMILES string of the molecule is C/C(=C\C(=O)NC(C)c1ccccc1NS(C)(=O)=O)c1ccc(F)cc1. The van der Waals surface area contributed by atoms with Gasteiger partial charge in [0, 0.05) is 6.08 Å². The second kappa shape index (κ2) is 8.14. The molecule has 0 radical (unpaired) electrons. The Morgan fingerprint density at radius 1 is 1.12 bits per heavy atom. The van der Waals surface area contributed by atoms with Gasteiger partial charge in [-0.05, 0) is 48.7 Å². The first kappa shape index (κ1) is 19.7. The van der Waals surface area contributed by atoms with E-state index in [1.807, 2.05) is 0 Å². The van der Waals surface area contributed by atoms with Crippen LogP contribution in [0.4, 0.5) is 10.1 Å². The smallest absolute Gasteiger partial charge is 0.244 e. The first-order valence-electron chi connectivity index (χ1n) is 7.97. The summed E-state index contributed by atoms with van der Waals surface area (Å²) >= 11 is 0. The number of benzene rings is 2. The van der Waals surface area contributed by atoms with Gasteiger partial charge in [0.1, 0.15) is 5.82 Å². The maximum atomic E-state index is 13.0. The fourth-order valence-corrected chi connectivity index (χ4v) is 3.08. The number of hydrogen-bond acceptors (Lipinski definition) is 3. The van der Waals surface area contributed by atoms with Gasteiger partial charge >= 0.3 is 0 Å². The Bertz CT molecular complexity index is 922. The van der Waals surface area contributed by atoms with E-state index >= 15 is 0 Å². The van der Waals surface area contributed by atoms with Crippen molar-refractivity contribution in [3.8, 4) is 0 Å². The van der Waals surface area contributed by atoms with Crippen LogP contribution in [0.25, 0.3) is 5.57 Å². The highest BCUT2D eigenvalue weighted by Crippen LogP contribution is 2.23. The van der Waals surface area contributed by atoms with Crippen molar-refractivity contribution < 1.29 is 17.6 Å². The molecule has 5 nitrogen and oxygen atoms in total. The minimum atomic E-state index is -3.43. The third-order valence-corrected chi connectivity index (χ3v) is 4.32. The quantitative estimate of drug-likeness (QED) is 0.758. The van der Waals surface area contributed by atoms with Crippen LogP contribution in [0, 0.1) is 5.82 Å². The summed E-state index contributed by atoms with van der Waals surface area (Å²) in [6, 6.07) is 12.3. The lowest BCUT2D eigenvalue weighted by atomic mass is 10.1. The zero-order valence-corrected chi connectivity index (χ0v) is 15.6. The summed E-state index contributed by atoms with van der Waals surface area (Å²) in [6.07, 6.45) is 2.50. The summed E-state index contributed by atoms with van der Waals surface area (Å²) in [5.74, 6) is -0.664. The highest BCUT2D eigenvalue weighted by Gasteiger charge is 2.14. The number of para-hydroxylation sites is 1. The van der Waals surface area contributed by atoms with Crippen molar-refractivity contribution in [1.82, 2.24) is 5.32 Å². The number of sulfonamides is 1. The van der Waals surface area contributed by atoms with E-state index in [0.29, 0.717) is 16.8 Å². The molecule has 2 aromatic rings. The monoisotopic (exact) mass is 376 g/mol. The van der Waals surface area contributed by atoms with Crippen LogP contribution < -0.4 is 10.0 Å². The average molecular weight is 376 g/mol. The topological polar surface area (TPSA) is 75.3 Å². The number of anilines is 1. The molecule has 0 saturated heterocycles. The predicted octanol–water partition coefficient (Wildman–Crippen LogP) is 3.48. The van der Waals surface area contributed by atoms with E-state index < -0.39 is 16.1 Å². The normalized spacial score (nSPS) is 13.2. The number of hydrogen-bond donors (Lipinski definition) is 2. The molecule has 0 bridgehead atoms. The van der Waals surface area contributed by atoms with E-state index in [2.05, 4.69) is 10.0 Å². The van der Waals surface area contributed by atoms with Gasteiger partial charge in [0.05, 0.1) is 18.0 Å². The van der Waals surface area contributed by atoms with Crippen LogP contribution >= 0.6 is 0 Å². The molecule has 0 aliphatic carbocycles. The molecule has 2 aromatic carbocycles. The van der Waals surface area contributed by atoms with Gasteiger partial charge in [0.15, 0.2) is 0 Å². The second-order valence-electron chi connectivity index (χ2n) is 6.03. The minimum Gasteiger partial charge on any atom is -0.346 e. The fourth-order valence-electron chi connectivity index (χ4n) is 2.49. The molecule has 1 unspecified atom stereocenters. The summed E-state index contributed by atoms with van der Waals surface area (Å²) in [5, 5.41) is 2.81. The first-order valence-corrected chi connectivity index (χ1v) is 9.86. The molecule has 0 heterocycles. The van der Waals surface area contributed by atoms with E-state index in [4.69, 9.17) is 0 Å². The second-order valence-corrected chi connectivity index (χ2v) is 7.77. The summed E-state index contributed by atoms with van der Waals surface area (Å²) in [6.45, 7) is 3.53. The summed E-state index contributed by atoms with van der Waals surface area (Å²) in [4.78, 5) is 12.3. The number of rotatable bonds is 6. The van der Waals surface area contributed by atoms with Crippen LogP contribution in [0.5, 0.6) is 0 Å². The largest absolute Gasteiger partial charge is 0.346 e. The van der Waals surface area contributed by atoms with Gasteiger partial charge < -0.3 is 5.32 Å². The fraction of sp³-hybridized carbons (Fsp3) is 0.211. The molecule has 1 atom stereocenters. The van der Waals surface area contributed by atoms with E-state index in [1.54, 1.807) is 50.2 Å². The van der Waals surface area contributed by atoms with Gasteiger partial charge in [-0.3, -0.25) is 9.52 Å². The zero-order chi connectivity index (χ0) is 19.3. The Morgan fingerprint density at radius 2 is 1.73 bits per heavy atom. The van der Waals surface area contributed by atoms with Crippen molar-refractivity contribution in [3.63, 3.8) is 0 Å². The Labute approximate surface area is 153 Å². The third kappa shape index (κ3) is 5.70. The van der Waals surface area contributed by atoms with Gasteiger partial charge in [-0.25, -0.2) is 12.8 Å². The number of allylic oxidation sites excluding steroid dienone is 1. The van der Waals surface area contributed by atoms with Gasteiger partial charge in [0.2, 0.25) is 15.9 Å². The van der Waals surface area contributed by atoms with Crippen molar-refractivity contribution in [2.45, 2.75) is 19.9 Å². The number of halogens is 1. The molecule has 0 saturated carbocycles. The Balaban J connectivity index is 2.14. The molecule has 0 aromatic heterocycles. The molecule has 26 heavy (non-hydrogen) atoms. The van der Waals surface area contributed by atoms with Crippen molar-refractivity contribution in [3.05, 3.63) is 71.6 Å². The summed E-state index contributed by atoms with van der Waals surface area (Å²) in [5.41, 5.74) is 2.51. The van der Waals surface area contributed by atoms with Gasteiger partial charge in [-0.15, -0.1) is 0 Å². The molecule has 2 N–H and O–H groups in total. The number of carbonyl (C=O) groups excluding carboxylic acids is 1. The maximum Gasteiger partial charge on any atom is 0.244 e. The molecule has 7 heteroatoms. The maximum absolute atomic E-state index is 13.0. The highest BCUT2D eigenvalue weighted by atomic mass is 32.2. The van der Waals surface area contributed by atoms with E-state index in [9.17, 15) is 17.6 Å². The Morgan fingerprint density at radius 3 is 2.35 bits per heavy atom. The molecule has 0 aliphatic rings. The van der Waals surface area contributed by atoms with E-state index in [-0.39, 0.29) is 11.7 Å². The van der Waals surface area contributed by atoms with Crippen LogP contribution in [0.1, 0.15) is 31.0 Å². The van der Waals surface area contributed by atoms with Gasteiger partial charge in [-0.2, -0.15) is 0 Å². The van der Waals surface area contributed by atoms with Gasteiger partial charge in [0.25, 0.3) is 0 Å². The van der Waals surface area contributed by atoms with Crippen molar-refractivity contribution >= 4 is 27.2 Å².